The molecule has 0 fully saturated rings. The van der Waals surface area contributed by atoms with Gasteiger partial charge in [0.25, 0.3) is 0 Å². The molecule has 1 aliphatic rings. The van der Waals surface area contributed by atoms with Gasteiger partial charge in [-0.15, -0.1) is 0 Å². The summed E-state index contributed by atoms with van der Waals surface area (Å²) >= 11 is 0. The minimum Gasteiger partial charge on any atom is -0.493 e. The van der Waals surface area contributed by atoms with Crippen molar-refractivity contribution in [1.29, 1.82) is 0 Å². The van der Waals surface area contributed by atoms with Gasteiger partial charge < -0.3 is 4.74 Å². The maximum absolute atomic E-state index is 11.8. The second-order valence-corrected chi connectivity index (χ2v) is 3.98. The first-order chi connectivity index (χ1) is 7.16. The number of hydrogen-bond donors (Lipinski definition) is 0. The molecule has 1 aliphatic heterocycles. The first kappa shape index (κ1) is 9.97. The van der Waals surface area contributed by atoms with Crippen LogP contribution in [0.15, 0.2) is 30.4 Å². The summed E-state index contributed by atoms with van der Waals surface area (Å²) in [6, 6.07) is 5.65. The lowest BCUT2D eigenvalue weighted by atomic mass is 10.0. The van der Waals surface area contributed by atoms with Gasteiger partial charge in [-0.05, 0) is 30.7 Å². The lowest BCUT2D eigenvalue weighted by molar-refractivity contribution is 0.0993. The smallest absolute Gasteiger partial charge is 0.166 e. The highest BCUT2D eigenvalue weighted by atomic mass is 16.5. The van der Waals surface area contributed by atoms with E-state index in [-0.39, 0.29) is 5.78 Å². The zero-order valence-electron chi connectivity index (χ0n) is 8.88. The summed E-state index contributed by atoms with van der Waals surface area (Å²) in [6.07, 6.45) is 1.34. The van der Waals surface area contributed by atoms with Crippen LogP contribution in [0.2, 0.25) is 0 Å². The Morgan fingerprint density at radius 3 is 3.07 bits per heavy atom. The highest BCUT2D eigenvalue weighted by Gasteiger charge is 2.14. The largest absolute Gasteiger partial charge is 0.493 e. The molecule has 0 N–H and O–H groups in total. The van der Waals surface area contributed by atoms with Crippen LogP contribution in [0, 0.1) is 0 Å². The van der Waals surface area contributed by atoms with Crippen molar-refractivity contribution >= 4 is 5.78 Å². The zero-order valence-corrected chi connectivity index (χ0v) is 8.88. The van der Waals surface area contributed by atoms with Crippen LogP contribution >= 0.6 is 0 Å². The van der Waals surface area contributed by atoms with Crippen LogP contribution in [0.5, 0.6) is 5.75 Å². The van der Waals surface area contributed by atoms with Gasteiger partial charge >= 0.3 is 0 Å². The summed E-state index contributed by atoms with van der Waals surface area (Å²) in [6.45, 7) is 6.35. The Labute approximate surface area is 89.6 Å². The van der Waals surface area contributed by atoms with Crippen molar-refractivity contribution in [3.8, 4) is 5.75 Å². The van der Waals surface area contributed by atoms with E-state index in [0.717, 1.165) is 35.5 Å². The van der Waals surface area contributed by atoms with E-state index < -0.39 is 0 Å². The van der Waals surface area contributed by atoms with Crippen molar-refractivity contribution in [1.82, 2.24) is 0 Å². The molecule has 2 heteroatoms. The molecular weight excluding hydrogens is 188 g/mol. The highest BCUT2D eigenvalue weighted by molar-refractivity contribution is 5.97. The Balaban J connectivity index is 2.23. The van der Waals surface area contributed by atoms with Crippen molar-refractivity contribution in [2.45, 2.75) is 19.8 Å². The van der Waals surface area contributed by atoms with E-state index in [4.69, 9.17) is 4.74 Å². The molecule has 0 spiro atoms. The summed E-state index contributed by atoms with van der Waals surface area (Å²) in [7, 11) is 0. The molecule has 1 aromatic rings. The van der Waals surface area contributed by atoms with Gasteiger partial charge in [0.2, 0.25) is 0 Å². The van der Waals surface area contributed by atoms with Gasteiger partial charge in [0.1, 0.15) is 5.75 Å². The summed E-state index contributed by atoms with van der Waals surface area (Å²) in [5.74, 6) is 1.05. The Morgan fingerprint density at radius 1 is 1.53 bits per heavy atom. The van der Waals surface area contributed by atoms with Crippen LogP contribution in [0.25, 0.3) is 0 Å². The number of fused-ring (bicyclic) bond motifs is 1. The number of ketones is 1. The molecule has 2 nitrogen and oxygen atoms in total. The molecule has 1 heterocycles. The third kappa shape index (κ3) is 2.09. The quantitative estimate of drug-likeness (QED) is 0.556. The van der Waals surface area contributed by atoms with Gasteiger partial charge in [-0.1, -0.05) is 12.2 Å². The Hall–Kier alpha value is -1.57. The van der Waals surface area contributed by atoms with E-state index >= 15 is 0 Å². The summed E-state index contributed by atoms with van der Waals surface area (Å²) in [5.41, 5.74) is 2.81. The third-order valence-corrected chi connectivity index (χ3v) is 2.47. The maximum Gasteiger partial charge on any atom is 0.166 e. The number of carbonyl (C=O) groups excluding carboxylic acids is 1. The first-order valence-electron chi connectivity index (χ1n) is 5.10. The van der Waals surface area contributed by atoms with Crippen molar-refractivity contribution in [3.05, 3.63) is 41.5 Å². The van der Waals surface area contributed by atoms with Gasteiger partial charge in [-0.2, -0.15) is 0 Å². The molecule has 1 aromatic carbocycles. The number of allylic oxidation sites excluding steroid dienone is 1. The van der Waals surface area contributed by atoms with Crippen molar-refractivity contribution in [3.63, 3.8) is 0 Å². The van der Waals surface area contributed by atoms with Gasteiger partial charge in [0, 0.05) is 18.4 Å². The molecule has 0 radical (unpaired) electrons. The van der Waals surface area contributed by atoms with Crippen LogP contribution < -0.4 is 4.74 Å². The summed E-state index contributed by atoms with van der Waals surface area (Å²) < 4.78 is 5.39. The van der Waals surface area contributed by atoms with Crippen LogP contribution in [0.4, 0.5) is 0 Å². The average molecular weight is 202 g/mol. The second-order valence-electron chi connectivity index (χ2n) is 3.98. The van der Waals surface area contributed by atoms with E-state index in [0.29, 0.717) is 6.42 Å². The van der Waals surface area contributed by atoms with Gasteiger partial charge in [-0.3, -0.25) is 4.79 Å². The van der Waals surface area contributed by atoms with E-state index in [9.17, 15) is 4.79 Å². The summed E-state index contributed by atoms with van der Waals surface area (Å²) in [5, 5.41) is 0. The monoisotopic (exact) mass is 202 g/mol. The van der Waals surface area contributed by atoms with Crippen LogP contribution in [0.1, 0.15) is 29.3 Å². The molecule has 0 unspecified atom stereocenters. The molecule has 0 saturated heterocycles. The number of hydrogen-bond acceptors (Lipinski definition) is 2. The van der Waals surface area contributed by atoms with Crippen molar-refractivity contribution in [2.75, 3.05) is 6.61 Å². The van der Waals surface area contributed by atoms with E-state index in [1.165, 1.54) is 0 Å². The number of ether oxygens (including phenoxy) is 1. The maximum atomic E-state index is 11.8. The zero-order chi connectivity index (χ0) is 10.8. The molecule has 0 saturated carbocycles. The minimum atomic E-state index is 0.136. The number of Topliss-reactive ketones (excluding diaryl/α,β-unsaturated/α-hetero) is 1. The second kappa shape index (κ2) is 3.89. The Morgan fingerprint density at radius 2 is 2.33 bits per heavy atom. The molecule has 78 valence electrons. The topological polar surface area (TPSA) is 26.3 Å². The summed E-state index contributed by atoms with van der Waals surface area (Å²) in [4.78, 5) is 11.8. The predicted molar refractivity (Wildman–Crippen MR) is 59.4 cm³/mol. The van der Waals surface area contributed by atoms with E-state index in [2.05, 4.69) is 6.58 Å². The molecule has 0 bridgehead atoms. The molecule has 2 rings (SSSR count). The normalized spacial score (nSPS) is 13.1. The number of benzene rings is 1. The molecule has 0 aromatic heterocycles. The first-order valence-corrected chi connectivity index (χ1v) is 5.10. The van der Waals surface area contributed by atoms with E-state index in [1.54, 1.807) is 0 Å². The van der Waals surface area contributed by atoms with Crippen molar-refractivity contribution in [2.24, 2.45) is 0 Å². The van der Waals surface area contributed by atoms with Crippen molar-refractivity contribution < 1.29 is 9.53 Å². The molecular formula is C13H14O2. The fraction of sp³-hybridized carbons (Fsp3) is 0.308. The van der Waals surface area contributed by atoms with Gasteiger partial charge in [-0.25, -0.2) is 0 Å². The molecule has 0 atom stereocenters. The number of rotatable bonds is 3. The highest BCUT2D eigenvalue weighted by Crippen LogP contribution is 2.26. The molecule has 0 amide bonds. The lowest BCUT2D eigenvalue weighted by Gasteiger charge is -2.03. The Bertz CT molecular complexity index is 419. The standard InChI is InChI=1S/C13H14O2/c1-9(2)7-12(14)10-3-4-13-11(8-10)5-6-15-13/h3-4,8H,1,5-7H2,2H3. The minimum absolute atomic E-state index is 0.136. The van der Waals surface area contributed by atoms with Crippen LogP contribution in [-0.2, 0) is 6.42 Å². The lowest BCUT2D eigenvalue weighted by Crippen LogP contribution is -1.99. The molecule has 15 heavy (non-hydrogen) atoms. The average Bonchev–Trinajstić information content (AvgIpc) is 2.62. The van der Waals surface area contributed by atoms with Gasteiger partial charge in [0.15, 0.2) is 5.78 Å². The van der Waals surface area contributed by atoms with E-state index in [1.807, 2.05) is 25.1 Å². The van der Waals surface area contributed by atoms with Gasteiger partial charge in [0.05, 0.1) is 6.61 Å². The van der Waals surface area contributed by atoms with Crippen LogP contribution in [-0.4, -0.2) is 12.4 Å². The number of carbonyl (C=O) groups is 1. The third-order valence-electron chi connectivity index (χ3n) is 2.47. The fourth-order valence-corrected chi connectivity index (χ4v) is 1.74. The SMILES string of the molecule is C=C(C)CC(=O)c1ccc2c(c1)CCO2. The predicted octanol–water partition coefficient (Wildman–Crippen LogP) is 2.77. The van der Waals surface area contributed by atoms with Crippen LogP contribution in [0.3, 0.4) is 0 Å². The fourth-order valence-electron chi connectivity index (χ4n) is 1.74. The molecule has 0 aliphatic carbocycles. The Kier molecular flexibility index (Phi) is 2.58.